The van der Waals surface area contributed by atoms with E-state index in [4.69, 9.17) is 4.74 Å². The third kappa shape index (κ3) is 2.84. The molecule has 4 atom stereocenters. The zero-order chi connectivity index (χ0) is 16.7. The molecule has 0 aromatic heterocycles. The van der Waals surface area contributed by atoms with Crippen LogP contribution in [0.1, 0.15) is 36.6 Å². The molecular formula is C17H24N2O3S. The van der Waals surface area contributed by atoms with Crippen LogP contribution in [0.3, 0.4) is 0 Å². The molecule has 2 heterocycles. The molecule has 1 aromatic rings. The second kappa shape index (κ2) is 6.15. The van der Waals surface area contributed by atoms with Crippen LogP contribution in [0.15, 0.2) is 12.1 Å². The van der Waals surface area contributed by atoms with Gasteiger partial charge in [-0.2, -0.15) is 0 Å². The van der Waals surface area contributed by atoms with Gasteiger partial charge in [-0.05, 0) is 38.8 Å². The number of urea groups is 1. The van der Waals surface area contributed by atoms with Crippen LogP contribution in [0, 0.1) is 13.8 Å². The van der Waals surface area contributed by atoms with Crippen molar-refractivity contribution in [2.45, 2.75) is 45.0 Å². The Bertz CT molecular complexity index is 661. The molecule has 0 aliphatic carbocycles. The average molecular weight is 336 g/mol. The van der Waals surface area contributed by atoms with Crippen molar-refractivity contribution in [3.8, 4) is 5.75 Å². The van der Waals surface area contributed by atoms with E-state index in [1.807, 2.05) is 26.8 Å². The molecule has 0 unspecified atom stereocenters. The minimum Gasteiger partial charge on any atom is -0.490 e. The van der Waals surface area contributed by atoms with E-state index in [2.05, 4.69) is 18.3 Å². The minimum atomic E-state index is -0.845. The maximum absolute atomic E-state index is 12.6. The van der Waals surface area contributed by atoms with Crippen molar-refractivity contribution in [3.63, 3.8) is 0 Å². The molecule has 1 saturated heterocycles. The number of rotatable bonds is 1. The molecule has 3 rings (SSSR count). The molecule has 0 spiro atoms. The fourth-order valence-corrected chi connectivity index (χ4v) is 4.56. The smallest absolute Gasteiger partial charge is 0.318 e. The Balaban J connectivity index is 1.73. The van der Waals surface area contributed by atoms with Crippen molar-refractivity contribution in [1.29, 1.82) is 0 Å². The topological polar surface area (TPSA) is 58.6 Å². The van der Waals surface area contributed by atoms with Gasteiger partial charge >= 0.3 is 6.03 Å². The standard InChI is InChI=1S/C17H24N2O3S/c1-10-5-6-14-15(9-22-16(14)11(10)2)18-17(20)19-7-8-23(21)13(4)12(19)3/h5-6,12-13,15H,7-9H2,1-4H3,(H,18,20)/t12-,13-,15+,23+/m1/s1. The molecule has 1 N–H and O–H groups in total. The number of ether oxygens (including phenoxy) is 1. The summed E-state index contributed by atoms with van der Waals surface area (Å²) in [5.41, 5.74) is 3.37. The molecule has 2 aliphatic rings. The van der Waals surface area contributed by atoms with E-state index < -0.39 is 10.8 Å². The summed E-state index contributed by atoms with van der Waals surface area (Å²) in [6.07, 6.45) is 0. The minimum absolute atomic E-state index is 0.00603. The molecule has 0 bridgehead atoms. The quantitative estimate of drug-likeness (QED) is 0.856. The molecule has 0 radical (unpaired) electrons. The van der Waals surface area contributed by atoms with Gasteiger partial charge in [0.15, 0.2) is 0 Å². The molecule has 1 aromatic carbocycles. The van der Waals surface area contributed by atoms with Gasteiger partial charge < -0.3 is 15.0 Å². The van der Waals surface area contributed by atoms with E-state index in [1.54, 1.807) is 4.90 Å². The lowest BCUT2D eigenvalue weighted by Gasteiger charge is -2.37. The fourth-order valence-electron chi connectivity index (χ4n) is 3.22. The van der Waals surface area contributed by atoms with E-state index in [-0.39, 0.29) is 23.4 Å². The van der Waals surface area contributed by atoms with Gasteiger partial charge in [0.25, 0.3) is 0 Å². The number of nitrogens with zero attached hydrogens (tertiary/aromatic N) is 1. The van der Waals surface area contributed by atoms with Crippen molar-refractivity contribution >= 4 is 16.8 Å². The maximum Gasteiger partial charge on any atom is 0.318 e. The van der Waals surface area contributed by atoms with Gasteiger partial charge in [0, 0.05) is 34.7 Å². The van der Waals surface area contributed by atoms with Crippen LogP contribution in [0.2, 0.25) is 0 Å². The molecule has 1 fully saturated rings. The Morgan fingerprint density at radius 3 is 2.83 bits per heavy atom. The Kier molecular flexibility index (Phi) is 4.36. The molecule has 2 aliphatic heterocycles. The number of hydrogen-bond donors (Lipinski definition) is 1. The van der Waals surface area contributed by atoms with Gasteiger partial charge in [0.1, 0.15) is 12.4 Å². The van der Waals surface area contributed by atoms with E-state index in [1.165, 1.54) is 5.56 Å². The highest BCUT2D eigenvalue weighted by atomic mass is 32.2. The van der Waals surface area contributed by atoms with Crippen molar-refractivity contribution < 1.29 is 13.7 Å². The van der Waals surface area contributed by atoms with Gasteiger partial charge in [0.05, 0.1) is 11.3 Å². The Morgan fingerprint density at radius 1 is 1.35 bits per heavy atom. The molecule has 5 nitrogen and oxygen atoms in total. The SMILES string of the molecule is Cc1ccc2c(c1C)OC[C@@H]2NC(=O)N1CC[S@](=O)[C@H](C)[C@H]1C. The van der Waals surface area contributed by atoms with Crippen LogP contribution >= 0.6 is 0 Å². The van der Waals surface area contributed by atoms with E-state index in [9.17, 15) is 9.00 Å². The summed E-state index contributed by atoms with van der Waals surface area (Å²) < 4.78 is 17.7. The van der Waals surface area contributed by atoms with Crippen molar-refractivity contribution in [2.24, 2.45) is 0 Å². The number of hydrogen-bond acceptors (Lipinski definition) is 3. The summed E-state index contributed by atoms with van der Waals surface area (Å²) in [4.78, 5) is 14.4. The monoisotopic (exact) mass is 336 g/mol. The van der Waals surface area contributed by atoms with Gasteiger partial charge in [-0.1, -0.05) is 12.1 Å². The highest BCUT2D eigenvalue weighted by Gasteiger charge is 2.35. The normalized spacial score (nSPS) is 29.8. The number of carbonyl (C=O) groups is 1. The van der Waals surface area contributed by atoms with Crippen molar-refractivity contribution in [1.82, 2.24) is 10.2 Å². The molecule has 0 saturated carbocycles. The zero-order valence-corrected chi connectivity index (χ0v) is 14.9. The lowest BCUT2D eigenvalue weighted by molar-refractivity contribution is 0.172. The molecule has 2 amide bonds. The largest absolute Gasteiger partial charge is 0.490 e. The number of fused-ring (bicyclic) bond motifs is 1. The predicted molar refractivity (Wildman–Crippen MR) is 91.3 cm³/mol. The van der Waals surface area contributed by atoms with Crippen LogP contribution < -0.4 is 10.1 Å². The third-order valence-corrected chi connectivity index (χ3v) is 6.96. The van der Waals surface area contributed by atoms with Crippen LogP contribution in [0.25, 0.3) is 0 Å². The summed E-state index contributed by atoms with van der Waals surface area (Å²) in [6.45, 7) is 9.02. The summed E-state index contributed by atoms with van der Waals surface area (Å²) in [5, 5.41) is 3.09. The van der Waals surface area contributed by atoms with Crippen LogP contribution in [0.5, 0.6) is 5.75 Å². The van der Waals surface area contributed by atoms with Crippen molar-refractivity contribution in [2.75, 3.05) is 18.9 Å². The van der Waals surface area contributed by atoms with E-state index in [0.717, 1.165) is 16.9 Å². The van der Waals surface area contributed by atoms with Crippen LogP contribution in [0.4, 0.5) is 4.79 Å². The first-order chi connectivity index (χ1) is 10.9. The number of benzene rings is 1. The number of aryl methyl sites for hydroxylation is 1. The number of carbonyl (C=O) groups excluding carboxylic acids is 1. The summed E-state index contributed by atoms with van der Waals surface area (Å²) >= 11 is 0. The highest BCUT2D eigenvalue weighted by molar-refractivity contribution is 7.85. The first-order valence-electron chi connectivity index (χ1n) is 8.07. The van der Waals surface area contributed by atoms with Gasteiger partial charge in [-0.15, -0.1) is 0 Å². The molecular weight excluding hydrogens is 312 g/mol. The molecule has 126 valence electrons. The lowest BCUT2D eigenvalue weighted by atomic mass is 10.0. The van der Waals surface area contributed by atoms with Gasteiger partial charge in [-0.25, -0.2) is 4.79 Å². The summed E-state index contributed by atoms with van der Waals surface area (Å²) in [6, 6.07) is 3.86. The Morgan fingerprint density at radius 2 is 2.09 bits per heavy atom. The first kappa shape index (κ1) is 16.3. The Hall–Kier alpha value is -1.56. The lowest BCUT2D eigenvalue weighted by Crippen LogP contribution is -2.55. The van der Waals surface area contributed by atoms with Gasteiger partial charge in [-0.3, -0.25) is 4.21 Å². The number of amides is 2. The predicted octanol–water partition coefficient (Wildman–Crippen LogP) is 2.29. The average Bonchev–Trinajstić information content (AvgIpc) is 2.92. The zero-order valence-electron chi connectivity index (χ0n) is 14.1. The molecule has 23 heavy (non-hydrogen) atoms. The first-order valence-corrected chi connectivity index (χ1v) is 9.45. The van der Waals surface area contributed by atoms with Crippen LogP contribution in [-0.4, -0.2) is 45.3 Å². The van der Waals surface area contributed by atoms with E-state index >= 15 is 0 Å². The Labute approximate surface area is 139 Å². The highest BCUT2D eigenvalue weighted by Crippen LogP contribution is 2.36. The fraction of sp³-hybridized carbons (Fsp3) is 0.588. The van der Waals surface area contributed by atoms with Crippen LogP contribution in [-0.2, 0) is 10.8 Å². The summed E-state index contributed by atoms with van der Waals surface area (Å²) in [5.74, 6) is 1.45. The van der Waals surface area contributed by atoms with Crippen molar-refractivity contribution in [3.05, 3.63) is 28.8 Å². The number of nitrogens with one attached hydrogen (secondary N) is 1. The van der Waals surface area contributed by atoms with E-state index in [0.29, 0.717) is 18.9 Å². The second-order valence-corrected chi connectivity index (χ2v) is 8.38. The second-order valence-electron chi connectivity index (χ2n) is 6.46. The third-order valence-electron chi connectivity index (χ3n) is 5.15. The van der Waals surface area contributed by atoms with Gasteiger partial charge in [0.2, 0.25) is 0 Å². The summed E-state index contributed by atoms with van der Waals surface area (Å²) in [7, 11) is -0.845. The molecule has 6 heteroatoms. The maximum atomic E-state index is 12.6.